The Labute approximate surface area is 80.8 Å². The molecule has 0 aliphatic heterocycles. The van der Waals surface area contributed by atoms with Gasteiger partial charge in [-0.15, -0.1) is 0 Å². The predicted octanol–water partition coefficient (Wildman–Crippen LogP) is 3.43. The zero-order valence-electron chi connectivity index (χ0n) is 7.30. The van der Waals surface area contributed by atoms with Gasteiger partial charge in [-0.2, -0.15) is 0 Å². The fourth-order valence-corrected chi connectivity index (χ4v) is 1.28. The van der Waals surface area contributed by atoms with Crippen LogP contribution in [0.2, 0.25) is 0 Å². The van der Waals surface area contributed by atoms with Crippen LogP contribution >= 0.6 is 0 Å². The van der Waals surface area contributed by atoms with E-state index in [0.717, 1.165) is 12.1 Å². The van der Waals surface area contributed by atoms with Gasteiger partial charge in [0.25, 0.3) is 0 Å². The predicted molar refractivity (Wildman–Crippen MR) is 50.6 cm³/mol. The fraction of sp³-hybridized carbons (Fsp3) is 0. The van der Waals surface area contributed by atoms with Crippen molar-refractivity contribution in [3.63, 3.8) is 0 Å². The van der Waals surface area contributed by atoms with E-state index in [0.29, 0.717) is 5.56 Å². The SMILES string of the molecule is Fc1ccc(F)c(-c2c[c]ccc2)c1. The molecule has 0 nitrogen and oxygen atoms in total. The van der Waals surface area contributed by atoms with Crippen molar-refractivity contribution in [2.75, 3.05) is 0 Å². The minimum Gasteiger partial charge on any atom is -0.207 e. The summed E-state index contributed by atoms with van der Waals surface area (Å²) in [6.07, 6.45) is 0. The van der Waals surface area contributed by atoms with Gasteiger partial charge in [0.1, 0.15) is 11.6 Å². The lowest BCUT2D eigenvalue weighted by molar-refractivity contribution is 0.603. The van der Waals surface area contributed by atoms with E-state index in [1.165, 1.54) is 6.07 Å². The van der Waals surface area contributed by atoms with Gasteiger partial charge >= 0.3 is 0 Å². The van der Waals surface area contributed by atoms with E-state index in [1.54, 1.807) is 24.3 Å². The zero-order valence-corrected chi connectivity index (χ0v) is 7.30. The third-order valence-electron chi connectivity index (χ3n) is 1.95. The smallest absolute Gasteiger partial charge is 0.131 e. The highest BCUT2D eigenvalue weighted by molar-refractivity contribution is 5.63. The van der Waals surface area contributed by atoms with Crippen LogP contribution in [0.25, 0.3) is 11.1 Å². The van der Waals surface area contributed by atoms with Crippen LogP contribution in [-0.4, -0.2) is 0 Å². The summed E-state index contributed by atoms with van der Waals surface area (Å²) in [6, 6.07) is 13.0. The van der Waals surface area contributed by atoms with E-state index >= 15 is 0 Å². The first-order valence-corrected chi connectivity index (χ1v) is 4.19. The van der Waals surface area contributed by atoms with Gasteiger partial charge in [0.2, 0.25) is 0 Å². The molecule has 0 bridgehead atoms. The van der Waals surface area contributed by atoms with Crippen LogP contribution in [-0.2, 0) is 0 Å². The summed E-state index contributed by atoms with van der Waals surface area (Å²) in [6.45, 7) is 0. The highest BCUT2D eigenvalue weighted by Gasteiger charge is 2.05. The van der Waals surface area contributed by atoms with Crippen LogP contribution in [0.4, 0.5) is 8.78 Å². The Morgan fingerprint density at radius 3 is 2.64 bits per heavy atom. The van der Waals surface area contributed by atoms with Gasteiger partial charge in [-0.3, -0.25) is 0 Å². The standard InChI is InChI=1S/C12H7F2/c13-10-6-7-12(14)11(8-10)9-4-2-1-3-5-9/h1-2,4-8H. The molecule has 2 rings (SSSR count). The Morgan fingerprint density at radius 2 is 1.93 bits per heavy atom. The van der Waals surface area contributed by atoms with Crippen LogP contribution in [0.1, 0.15) is 0 Å². The van der Waals surface area contributed by atoms with Crippen LogP contribution in [0.5, 0.6) is 0 Å². The van der Waals surface area contributed by atoms with Gasteiger partial charge in [-0.05, 0) is 35.9 Å². The molecule has 0 fully saturated rings. The van der Waals surface area contributed by atoms with E-state index in [-0.39, 0.29) is 5.56 Å². The van der Waals surface area contributed by atoms with Crippen molar-refractivity contribution in [2.24, 2.45) is 0 Å². The van der Waals surface area contributed by atoms with Crippen LogP contribution < -0.4 is 0 Å². The Bertz CT molecular complexity index is 435. The van der Waals surface area contributed by atoms with Crippen molar-refractivity contribution in [1.29, 1.82) is 0 Å². The Hall–Kier alpha value is -1.70. The highest BCUT2D eigenvalue weighted by Crippen LogP contribution is 2.22. The fourth-order valence-electron chi connectivity index (χ4n) is 1.28. The molecule has 0 saturated carbocycles. The van der Waals surface area contributed by atoms with Crippen molar-refractivity contribution in [1.82, 2.24) is 0 Å². The molecule has 0 unspecified atom stereocenters. The molecule has 0 N–H and O–H groups in total. The second kappa shape index (κ2) is 3.58. The molecule has 0 aromatic heterocycles. The summed E-state index contributed by atoms with van der Waals surface area (Å²) in [5.74, 6) is -0.865. The summed E-state index contributed by atoms with van der Waals surface area (Å²) < 4.78 is 26.1. The number of hydrogen-bond donors (Lipinski definition) is 0. The number of halogens is 2. The molecule has 0 heterocycles. The van der Waals surface area contributed by atoms with Gasteiger partial charge in [-0.25, -0.2) is 8.78 Å². The maximum Gasteiger partial charge on any atom is 0.131 e. The first kappa shape index (κ1) is 8.88. The lowest BCUT2D eigenvalue weighted by atomic mass is 10.1. The molecule has 69 valence electrons. The first-order valence-electron chi connectivity index (χ1n) is 4.19. The van der Waals surface area contributed by atoms with Crippen molar-refractivity contribution < 1.29 is 8.78 Å². The summed E-state index contributed by atoms with van der Waals surface area (Å²) in [7, 11) is 0. The molecule has 0 amide bonds. The molecule has 2 aromatic carbocycles. The number of hydrogen-bond acceptors (Lipinski definition) is 0. The van der Waals surface area contributed by atoms with Gasteiger partial charge in [0.05, 0.1) is 0 Å². The molecule has 14 heavy (non-hydrogen) atoms. The molecule has 0 atom stereocenters. The van der Waals surface area contributed by atoms with Crippen LogP contribution in [0.15, 0.2) is 42.5 Å². The van der Waals surface area contributed by atoms with Crippen molar-refractivity contribution in [3.05, 3.63) is 60.2 Å². The summed E-state index contributed by atoms with van der Waals surface area (Å²) in [5, 5.41) is 0. The van der Waals surface area contributed by atoms with Gasteiger partial charge in [-0.1, -0.05) is 18.2 Å². The zero-order chi connectivity index (χ0) is 9.97. The maximum atomic E-state index is 13.3. The Morgan fingerprint density at radius 1 is 1.07 bits per heavy atom. The van der Waals surface area contributed by atoms with Crippen molar-refractivity contribution in [3.8, 4) is 11.1 Å². The average molecular weight is 189 g/mol. The molecule has 2 heteroatoms. The van der Waals surface area contributed by atoms with Crippen LogP contribution in [0, 0.1) is 17.7 Å². The maximum absolute atomic E-state index is 13.3. The van der Waals surface area contributed by atoms with Crippen molar-refractivity contribution in [2.45, 2.75) is 0 Å². The largest absolute Gasteiger partial charge is 0.207 e. The number of benzene rings is 2. The minimum absolute atomic E-state index is 0.266. The minimum atomic E-state index is -0.440. The molecule has 0 saturated heterocycles. The van der Waals surface area contributed by atoms with E-state index < -0.39 is 11.6 Å². The lowest BCUT2D eigenvalue weighted by Gasteiger charge is -2.02. The van der Waals surface area contributed by atoms with E-state index in [9.17, 15) is 8.78 Å². The highest BCUT2D eigenvalue weighted by atomic mass is 19.1. The molecule has 2 aromatic rings. The van der Waals surface area contributed by atoms with Gasteiger partial charge < -0.3 is 0 Å². The molecular formula is C12H7F2. The Kier molecular flexibility index (Phi) is 2.27. The molecule has 1 radical (unpaired) electrons. The molecule has 0 aliphatic rings. The van der Waals surface area contributed by atoms with Crippen LogP contribution in [0.3, 0.4) is 0 Å². The Balaban J connectivity index is 2.57. The molecule has 0 aliphatic carbocycles. The summed E-state index contributed by atoms with van der Waals surface area (Å²) >= 11 is 0. The van der Waals surface area contributed by atoms with Crippen molar-refractivity contribution >= 4 is 0 Å². The third-order valence-corrected chi connectivity index (χ3v) is 1.95. The van der Waals surface area contributed by atoms with E-state index in [1.807, 2.05) is 0 Å². The van der Waals surface area contributed by atoms with E-state index in [4.69, 9.17) is 0 Å². The van der Waals surface area contributed by atoms with Gasteiger partial charge in [0, 0.05) is 5.56 Å². The quantitative estimate of drug-likeness (QED) is 0.644. The lowest BCUT2D eigenvalue weighted by Crippen LogP contribution is -1.85. The molecular weight excluding hydrogens is 182 g/mol. The first-order chi connectivity index (χ1) is 6.77. The number of rotatable bonds is 1. The second-order valence-electron chi connectivity index (χ2n) is 2.92. The normalized spacial score (nSPS) is 10.1. The average Bonchev–Trinajstić information content (AvgIpc) is 2.23. The third kappa shape index (κ3) is 1.64. The second-order valence-corrected chi connectivity index (χ2v) is 2.92. The van der Waals surface area contributed by atoms with Gasteiger partial charge in [0.15, 0.2) is 0 Å². The van der Waals surface area contributed by atoms with E-state index in [2.05, 4.69) is 6.07 Å². The molecule has 0 spiro atoms. The summed E-state index contributed by atoms with van der Waals surface area (Å²) in [5.41, 5.74) is 0.895. The monoisotopic (exact) mass is 189 g/mol. The summed E-state index contributed by atoms with van der Waals surface area (Å²) in [4.78, 5) is 0. The topological polar surface area (TPSA) is 0 Å².